The Labute approximate surface area is 108 Å². The molecule has 2 aromatic carbocycles. The number of carbonyl (C=O) groups excluding carboxylic acids is 3. The van der Waals surface area contributed by atoms with Crippen molar-refractivity contribution in [3.05, 3.63) is 64.7 Å². The predicted octanol–water partition coefficient (Wildman–Crippen LogP) is 1.91. The van der Waals surface area contributed by atoms with Gasteiger partial charge in [-0.2, -0.15) is 0 Å². The zero-order valence-corrected chi connectivity index (χ0v) is 9.67. The van der Waals surface area contributed by atoms with Crippen LogP contribution in [-0.4, -0.2) is 18.0 Å². The van der Waals surface area contributed by atoms with E-state index in [4.69, 9.17) is 0 Å². The number of hydrogen-bond donors (Lipinski definition) is 0. The van der Waals surface area contributed by atoms with E-state index >= 15 is 0 Å². The molecular weight excluding hydrogens is 244 g/mol. The molecule has 0 N–H and O–H groups in total. The fourth-order valence-electron chi connectivity index (χ4n) is 2.24. The summed E-state index contributed by atoms with van der Waals surface area (Å²) in [4.78, 5) is 35.0. The highest BCUT2D eigenvalue weighted by Gasteiger charge is 2.31. The van der Waals surface area contributed by atoms with Crippen LogP contribution in [0.25, 0.3) is 0 Å². The monoisotopic (exact) mass is 251 g/mol. The van der Waals surface area contributed by atoms with Crippen molar-refractivity contribution in [3.8, 4) is 5.75 Å². The molecule has 1 aliphatic carbocycles. The normalized spacial score (nSPS) is 12.6. The molecule has 4 nitrogen and oxygen atoms in total. The average Bonchev–Trinajstić information content (AvgIpc) is 2.45. The number of fused-ring (bicyclic) bond motifs is 2. The van der Waals surface area contributed by atoms with Gasteiger partial charge in [0.25, 0.3) is 0 Å². The van der Waals surface area contributed by atoms with Crippen LogP contribution < -0.4 is 4.74 Å². The Morgan fingerprint density at radius 1 is 0.789 bits per heavy atom. The SMILES string of the molecule is O=[C]Oc1cccc2c1C(=O)c1ccccc1C2=O. The number of hydrogen-bond acceptors (Lipinski definition) is 4. The van der Waals surface area contributed by atoms with E-state index in [0.717, 1.165) is 0 Å². The minimum atomic E-state index is -0.323. The number of benzene rings is 2. The van der Waals surface area contributed by atoms with Gasteiger partial charge in [-0.1, -0.05) is 36.4 Å². The zero-order chi connectivity index (χ0) is 13.4. The average molecular weight is 251 g/mol. The van der Waals surface area contributed by atoms with Gasteiger partial charge in [0, 0.05) is 16.7 Å². The highest BCUT2D eigenvalue weighted by Crippen LogP contribution is 2.32. The van der Waals surface area contributed by atoms with E-state index in [-0.39, 0.29) is 28.4 Å². The summed E-state index contributed by atoms with van der Waals surface area (Å²) in [5.74, 6) is -0.516. The van der Waals surface area contributed by atoms with E-state index in [2.05, 4.69) is 4.74 Å². The molecule has 0 aromatic heterocycles. The summed E-state index contributed by atoms with van der Waals surface area (Å²) in [5, 5.41) is 0. The van der Waals surface area contributed by atoms with Crippen LogP contribution in [0, 0.1) is 0 Å². The van der Waals surface area contributed by atoms with Crippen molar-refractivity contribution < 1.29 is 19.1 Å². The standard InChI is InChI=1S/C15H7O4/c16-8-19-12-7-3-6-11-13(12)15(18)10-5-2-1-4-9(10)14(11)17/h1-7H. The van der Waals surface area contributed by atoms with Crippen LogP contribution in [0.3, 0.4) is 0 Å². The molecule has 0 saturated heterocycles. The van der Waals surface area contributed by atoms with Crippen molar-refractivity contribution in [1.82, 2.24) is 0 Å². The molecule has 19 heavy (non-hydrogen) atoms. The van der Waals surface area contributed by atoms with Crippen LogP contribution >= 0.6 is 0 Å². The first-order chi connectivity index (χ1) is 9.24. The lowest BCUT2D eigenvalue weighted by Crippen LogP contribution is -2.21. The van der Waals surface area contributed by atoms with Crippen LogP contribution in [0.15, 0.2) is 42.5 Å². The Hall–Kier alpha value is -2.75. The van der Waals surface area contributed by atoms with Gasteiger partial charge in [0.1, 0.15) is 5.75 Å². The molecule has 1 aliphatic rings. The van der Waals surface area contributed by atoms with E-state index in [1.165, 1.54) is 12.5 Å². The lowest BCUT2D eigenvalue weighted by molar-refractivity contribution is 0.0977. The molecule has 0 fully saturated rings. The maximum Gasteiger partial charge on any atom is 0.423 e. The first kappa shape index (κ1) is 11.3. The van der Waals surface area contributed by atoms with Gasteiger partial charge in [-0.15, -0.1) is 0 Å². The van der Waals surface area contributed by atoms with Gasteiger partial charge >= 0.3 is 6.47 Å². The van der Waals surface area contributed by atoms with Gasteiger partial charge in [0.05, 0.1) is 5.56 Å². The van der Waals surface area contributed by atoms with Gasteiger partial charge in [-0.25, -0.2) is 4.79 Å². The van der Waals surface area contributed by atoms with Gasteiger partial charge < -0.3 is 4.74 Å². The first-order valence-electron chi connectivity index (χ1n) is 5.59. The second kappa shape index (κ2) is 4.17. The zero-order valence-electron chi connectivity index (χ0n) is 9.67. The number of rotatable bonds is 2. The second-order valence-electron chi connectivity index (χ2n) is 4.07. The summed E-state index contributed by atoms with van der Waals surface area (Å²) in [6.07, 6.45) is 0. The van der Waals surface area contributed by atoms with Gasteiger partial charge in [-0.3, -0.25) is 9.59 Å². The minimum Gasteiger partial charge on any atom is -0.417 e. The van der Waals surface area contributed by atoms with Crippen molar-refractivity contribution in [1.29, 1.82) is 0 Å². The Kier molecular flexibility index (Phi) is 2.49. The fourth-order valence-corrected chi connectivity index (χ4v) is 2.24. The smallest absolute Gasteiger partial charge is 0.417 e. The van der Waals surface area contributed by atoms with E-state index in [1.54, 1.807) is 36.4 Å². The summed E-state index contributed by atoms with van der Waals surface area (Å²) in [7, 11) is 0. The largest absolute Gasteiger partial charge is 0.423 e. The van der Waals surface area contributed by atoms with Gasteiger partial charge in [-0.05, 0) is 6.07 Å². The quantitative estimate of drug-likeness (QED) is 0.698. The third kappa shape index (κ3) is 1.57. The minimum absolute atomic E-state index is 0.0559. The highest BCUT2D eigenvalue weighted by molar-refractivity contribution is 6.29. The van der Waals surface area contributed by atoms with Crippen molar-refractivity contribution in [2.75, 3.05) is 0 Å². The molecule has 0 amide bonds. The molecule has 0 heterocycles. The molecule has 1 radical (unpaired) electrons. The molecule has 0 saturated carbocycles. The Balaban J connectivity index is 2.29. The van der Waals surface area contributed by atoms with Crippen LogP contribution in [0.4, 0.5) is 0 Å². The lowest BCUT2D eigenvalue weighted by Gasteiger charge is -2.18. The molecule has 0 bridgehead atoms. The molecule has 91 valence electrons. The maximum absolute atomic E-state index is 12.4. The summed E-state index contributed by atoms with van der Waals surface area (Å²) in [6.45, 7) is 1.28. The molecule has 0 spiro atoms. The van der Waals surface area contributed by atoms with Crippen molar-refractivity contribution in [3.63, 3.8) is 0 Å². The summed E-state index contributed by atoms with van der Waals surface area (Å²) in [6, 6.07) is 11.1. The maximum atomic E-state index is 12.4. The van der Waals surface area contributed by atoms with Crippen molar-refractivity contribution in [2.45, 2.75) is 0 Å². The number of ether oxygens (including phenoxy) is 1. The second-order valence-corrected chi connectivity index (χ2v) is 4.07. The van der Waals surface area contributed by atoms with E-state index < -0.39 is 0 Å². The van der Waals surface area contributed by atoms with Crippen LogP contribution in [0.1, 0.15) is 31.8 Å². The van der Waals surface area contributed by atoms with Crippen LogP contribution in [0.5, 0.6) is 5.75 Å². The first-order valence-corrected chi connectivity index (χ1v) is 5.59. The third-order valence-corrected chi connectivity index (χ3v) is 3.07. The third-order valence-electron chi connectivity index (χ3n) is 3.07. The Morgan fingerprint density at radius 2 is 1.42 bits per heavy atom. The topological polar surface area (TPSA) is 60.4 Å². The Morgan fingerprint density at radius 3 is 2.11 bits per heavy atom. The van der Waals surface area contributed by atoms with Gasteiger partial charge in [0.2, 0.25) is 0 Å². The summed E-state index contributed by atoms with van der Waals surface area (Å²) < 4.78 is 4.66. The van der Waals surface area contributed by atoms with Crippen molar-refractivity contribution >= 4 is 18.0 Å². The van der Waals surface area contributed by atoms with Crippen molar-refractivity contribution in [2.24, 2.45) is 0 Å². The summed E-state index contributed by atoms with van der Waals surface area (Å²) >= 11 is 0. The fraction of sp³-hybridized carbons (Fsp3) is 0. The Bertz CT molecular complexity index is 716. The number of ketones is 2. The van der Waals surface area contributed by atoms with Gasteiger partial charge in [0.15, 0.2) is 11.6 Å². The van der Waals surface area contributed by atoms with E-state index in [1.807, 2.05) is 0 Å². The molecule has 2 aromatic rings. The lowest BCUT2D eigenvalue weighted by atomic mass is 9.84. The molecule has 0 aliphatic heterocycles. The molecule has 3 rings (SSSR count). The molecule has 4 heteroatoms. The molecule has 0 atom stereocenters. The molecule has 0 unspecified atom stereocenters. The predicted molar refractivity (Wildman–Crippen MR) is 66.1 cm³/mol. The van der Waals surface area contributed by atoms with Crippen LogP contribution in [0.2, 0.25) is 0 Å². The summed E-state index contributed by atoms with van der Waals surface area (Å²) in [5.41, 5.74) is 1.06. The highest BCUT2D eigenvalue weighted by atomic mass is 16.5. The number of carbonyl (C=O) groups is 2. The van der Waals surface area contributed by atoms with Crippen LogP contribution in [-0.2, 0) is 4.79 Å². The van der Waals surface area contributed by atoms with E-state index in [0.29, 0.717) is 11.1 Å². The molecular formula is C15H7O4. The van der Waals surface area contributed by atoms with E-state index in [9.17, 15) is 14.4 Å².